The zero-order valence-corrected chi connectivity index (χ0v) is 45.5. The second-order valence-corrected chi connectivity index (χ2v) is 21.6. The van der Waals surface area contributed by atoms with E-state index >= 15 is 0 Å². The van der Waals surface area contributed by atoms with Gasteiger partial charge in [0.05, 0.1) is 33.8 Å². The van der Waals surface area contributed by atoms with Gasteiger partial charge in [0.25, 0.3) is 0 Å². The summed E-state index contributed by atoms with van der Waals surface area (Å²) in [6.45, 7) is 6.88. The van der Waals surface area contributed by atoms with Crippen LogP contribution in [0.4, 0.5) is 0 Å². The second-order valence-electron chi connectivity index (χ2n) is 20.1. The van der Waals surface area contributed by atoms with Gasteiger partial charge >= 0.3 is 13.8 Å². The topological polar surface area (TPSA) is 111 Å². The third-order valence-electron chi connectivity index (χ3n) is 12.3. The molecular weight excluding hydrogens is 856 g/mol. The summed E-state index contributed by atoms with van der Waals surface area (Å²) in [6.07, 6.45) is 56.7. The van der Waals surface area contributed by atoms with Crippen LogP contribution in [0.25, 0.3) is 0 Å². The molecule has 0 aromatic heterocycles. The Balaban J connectivity index is 5.38. The standard InChI is InChI=1S/C57H107N2O7P/c1-7-10-13-16-19-22-25-28-30-32-35-38-41-44-47-50-57(61)66-55(48-45-42-39-36-33-27-24-21-18-15-12-9-3)54(53-65-67(62,63)64-52-51-59(4,5)6)58-56(60)49-46-43-40-37-34-31-29-26-23-20-17-14-11-8-2/h10,13,16,19,22,25,45,48,54-55H,7-9,11-12,14-15,17-18,20-21,23-24,26-44,46-47,49-53H2,1-6H3,(H-,58,60,62,63)/p+1/b13-10+,19-16+,25-22+,48-45+. The van der Waals surface area contributed by atoms with E-state index in [0.29, 0.717) is 17.4 Å². The minimum absolute atomic E-state index is 0.0389. The van der Waals surface area contributed by atoms with Gasteiger partial charge in [-0.3, -0.25) is 18.6 Å². The molecule has 0 saturated carbocycles. The van der Waals surface area contributed by atoms with Gasteiger partial charge in [0.2, 0.25) is 5.91 Å². The van der Waals surface area contributed by atoms with E-state index in [1.54, 1.807) is 0 Å². The van der Waals surface area contributed by atoms with Crippen molar-refractivity contribution in [3.63, 3.8) is 0 Å². The first-order chi connectivity index (χ1) is 32.4. The normalized spacial score (nSPS) is 14.2. The van der Waals surface area contributed by atoms with Crippen LogP contribution in [0.3, 0.4) is 0 Å². The summed E-state index contributed by atoms with van der Waals surface area (Å²) in [6, 6.07) is -0.849. The highest BCUT2D eigenvalue weighted by atomic mass is 31.2. The van der Waals surface area contributed by atoms with Crippen molar-refractivity contribution in [1.29, 1.82) is 0 Å². The van der Waals surface area contributed by atoms with Crippen LogP contribution in [0.1, 0.15) is 252 Å². The Bertz CT molecular complexity index is 1290. The van der Waals surface area contributed by atoms with E-state index in [2.05, 4.69) is 62.5 Å². The Morgan fingerprint density at radius 3 is 1.42 bits per heavy atom. The van der Waals surface area contributed by atoms with Gasteiger partial charge < -0.3 is 19.4 Å². The van der Waals surface area contributed by atoms with Crippen LogP contribution in [0.2, 0.25) is 0 Å². The van der Waals surface area contributed by atoms with Gasteiger partial charge in [0, 0.05) is 12.8 Å². The lowest BCUT2D eigenvalue weighted by Gasteiger charge is -2.27. The van der Waals surface area contributed by atoms with E-state index in [1.165, 1.54) is 141 Å². The summed E-state index contributed by atoms with van der Waals surface area (Å²) in [5.74, 6) is -0.514. The van der Waals surface area contributed by atoms with E-state index in [4.69, 9.17) is 13.8 Å². The summed E-state index contributed by atoms with van der Waals surface area (Å²) in [7, 11) is 1.49. The van der Waals surface area contributed by atoms with Crippen molar-refractivity contribution in [2.24, 2.45) is 0 Å². The van der Waals surface area contributed by atoms with E-state index < -0.39 is 20.0 Å². The van der Waals surface area contributed by atoms with E-state index in [1.807, 2.05) is 33.3 Å². The average molecular weight is 964 g/mol. The Hall–Kier alpha value is -2.03. The fourth-order valence-corrected chi connectivity index (χ4v) is 8.73. The number of esters is 1. The molecule has 0 aromatic carbocycles. The molecule has 0 aliphatic rings. The zero-order chi connectivity index (χ0) is 49.4. The smallest absolute Gasteiger partial charge is 0.456 e. The third-order valence-corrected chi connectivity index (χ3v) is 13.3. The van der Waals surface area contributed by atoms with Crippen molar-refractivity contribution in [2.75, 3.05) is 40.9 Å². The van der Waals surface area contributed by atoms with E-state index in [9.17, 15) is 19.0 Å². The van der Waals surface area contributed by atoms with Crippen molar-refractivity contribution in [2.45, 2.75) is 264 Å². The van der Waals surface area contributed by atoms with Crippen molar-refractivity contribution in [1.82, 2.24) is 5.32 Å². The highest BCUT2D eigenvalue weighted by molar-refractivity contribution is 7.47. The number of phosphoric acid groups is 1. The van der Waals surface area contributed by atoms with Gasteiger partial charge in [0.15, 0.2) is 0 Å². The second kappa shape index (κ2) is 47.6. The molecule has 0 aliphatic heterocycles. The van der Waals surface area contributed by atoms with Crippen LogP contribution < -0.4 is 5.32 Å². The summed E-state index contributed by atoms with van der Waals surface area (Å²) in [4.78, 5) is 37.5. The molecule has 0 heterocycles. The number of hydrogen-bond acceptors (Lipinski definition) is 6. The molecule has 1 amide bonds. The molecule has 0 rings (SSSR count). The first-order valence-electron chi connectivity index (χ1n) is 28.0. The molecule has 0 spiro atoms. The van der Waals surface area contributed by atoms with E-state index in [0.717, 1.165) is 77.0 Å². The maximum atomic E-state index is 13.5. The molecule has 3 unspecified atom stereocenters. The Labute approximate surface area is 414 Å². The van der Waals surface area contributed by atoms with Crippen LogP contribution in [0.5, 0.6) is 0 Å². The first-order valence-corrected chi connectivity index (χ1v) is 29.5. The molecule has 0 aliphatic carbocycles. The quantitative estimate of drug-likeness (QED) is 0.0156. The molecule has 392 valence electrons. The maximum Gasteiger partial charge on any atom is 0.472 e. The van der Waals surface area contributed by atoms with Gasteiger partial charge in [-0.05, 0) is 51.0 Å². The molecular formula is C57H108N2O7P+. The number of nitrogens with zero attached hydrogens (tertiary/aromatic N) is 1. The van der Waals surface area contributed by atoms with Crippen molar-refractivity contribution in [3.05, 3.63) is 48.6 Å². The number of nitrogens with one attached hydrogen (secondary N) is 1. The van der Waals surface area contributed by atoms with Crippen LogP contribution in [-0.2, 0) is 27.9 Å². The minimum atomic E-state index is -4.44. The zero-order valence-electron chi connectivity index (χ0n) is 44.6. The largest absolute Gasteiger partial charge is 0.472 e. The average Bonchev–Trinajstić information content (AvgIpc) is 3.28. The lowest BCUT2D eigenvalue weighted by Crippen LogP contribution is -2.47. The summed E-state index contributed by atoms with van der Waals surface area (Å²) >= 11 is 0. The molecule has 0 saturated heterocycles. The molecule has 10 heteroatoms. The van der Waals surface area contributed by atoms with Gasteiger partial charge in [-0.15, -0.1) is 0 Å². The first kappa shape index (κ1) is 65.0. The van der Waals surface area contributed by atoms with Crippen molar-refractivity contribution < 1.29 is 37.3 Å². The molecule has 0 aromatic rings. The lowest BCUT2D eigenvalue weighted by atomic mass is 10.0. The predicted molar refractivity (Wildman–Crippen MR) is 286 cm³/mol. The van der Waals surface area contributed by atoms with Gasteiger partial charge in [-0.25, -0.2) is 4.57 Å². The number of carbonyl (C=O) groups excluding carboxylic acids is 2. The van der Waals surface area contributed by atoms with Gasteiger partial charge in [0.1, 0.15) is 19.3 Å². The molecule has 2 N–H and O–H groups in total. The lowest BCUT2D eigenvalue weighted by molar-refractivity contribution is -0.870. The number of amides is 1. The fraction of sp³-hybridized carbons (Fsp3) is 0.825. The van der Waals surface area contributed by atoms with Crippen molar-refractivity contribution >= 4 is 19.7 Å². The van der Waals surface area contributed by atoms with Crippen LogP contribution in [0.15, 0.2) is 48.6 Å². The molecule has 0 radical (unpaired) electrons. The number of likely N-dealkylation sites (N-methyl/N-ethyl adjacent to an activating group) is 1. The minimum Gasteiger partial charge on any atom is -0.456 e. The number of unbranched alkanes of at least 4 members (excludes halogenated alkanes) is 30. The van der Waals surface area contributed by atoms with Crippen LogP contribution in [0, 0.1) is 0 Å². The number of rotatable bonds is 50. The Morgan fingerprint density at radius 1 is 0.537 bits per heavy atom. The fourth-order valence-electron chi connectivity index (χ4n) is 8.00. The third kappa shape index (κ3) is 48.8. The highest BCUT2D eigenvalue weighted by Crippen LogP contribution is 2.43. The Kier molecular flexibility index (Phi) is 46.2. The number of hydrogen-bond donors (Lipinski definition) is 2. The van der Waals surface area contributed by atoms with Crippen molar-refractivity contribution in [3.8, 4) is 0 Å². The molecule has 3 atom stereocenters. The van der Waals surface area contributed by atoms with Crippen LogP contribution >= 0.6 is 7.82 Å². The number of phosphoric ester groups is 1. The highest BCUT2D eigenvalue weighted by Gasteiger charge is 2.30. The number of allylic oxidation sites excluding steroid dienone is 7. The van der Waals surface area contributed by atoms with Crippen LogP contribution in [-0.4, -0.2) is 74.3 Å². The molecule has 67 heavy (non-hydrogen) atoms. The number of ether oxygens (including phenoxy) is 1. The summed E-state index contributed by atoms with van der Waals surface area (Å²) in [5.41, 5.74) is 0. The maximum absolute atomic E-state index is 13.5. The number of quaternary nitrogens is 1. The van der Waals surface area contributed by atoms with E-state index in [-0.39, 0.29) is 31.5 Å². The summed E-state index contributed by atoms with van der Waals surface area (Å²) < 4.78 is 30.6. The monoisotopic (exact) mass is 964 g/mol. The molecule has 0 bridgehead atoms. The SMILES string of the molecule is CC/C=C/C=C/C=C/CCCCCCCCCC(=O)OC(/C=C/CCCCCCCCCCCC)C(COP(=O)(O)OCC[N+](C)(C)C)NC(=O)CCCCCCCCCCCCCCCC. The number of carbonyl (C=O) groups is 2. The Morgan fingerprint density at radius 2 is 0.955 bits per heavy atom. The van der Waals surface area contributed by atoms with Gasteiger partial charge in [-0.1, -0.05) is 237 Å². The predicted octanol–water partition coefficient (Wildman–Crippen LogP) is 16.6. The summed E-state index contributed by atoms with van der Waals surface area (Å²) in [5, 5.41) is 3.04. The van der Waals surface area contributed by atoms with Gasteiger partial charge in [-0.2, -0.15) is 0 Å². The molecule has 0 fully saturated rings. The molecule has 9 nitrogen and oxygen atoms in total.